The molecular formula is C18H15N3O4S2. The van der Waals surface area contributed by atoms with Crippen molar-refractivity contribution in [1.82, 2.24) is 4.31 Å². The number of nitrogens with zero attached hydrogens (tertiary/aromatic N) is 2. The van der Waals surface area contributed by atoms with E-state index in [1.165, 1.54) is 29.5 Å². The summed E-state index contributed by atoms with van der Waals surface area (Å²) in [6, 6.07) is 7.53. The summed E-state index contributed by atoms with van der Waals surface area (Å²) in [6.07, 6.45) is 2.08. The highest BCUT2D eigenvalue weighted by Crippen LogP contribution is 2.39. The number of benzene rings is 1. The maximum atomic E-state index is 12.7. The number of fused-ring (bicyclic) bond motifs is 1. The van der Waals surface area contributed by atoms with E-state index in [2.05, 4.69) is 5.32 Å². The number of rotatable bonds is 4. The van der Waals surface area contributed by atoms with Gasteiger partial charge in [-0.25, -0.2) is 12.7 Å². The van der Waals surface area contributed by atoms with Gasteiger partial charge in [-0.05, 0) is 43.5 Å². The third kappa shape index (κ3) is 2.81. The quantitative estimate of drug-likeness (QED) is 0.848. The Morgan fingerprint density at radius 1 is 1.37 bits per heavy atom. The van der Waals surface area contributed by atoms with Gasteiger partial charge in [-0.15, -0.1) is 11.3 Å². The molecule has 4 rings (SSSR count). The number of nitriles is 1. The van der Waals surface area contributed by atoms with E-state index in [1.807, 2.05) is 13.0 Å². The molecular weight excluding hydrogens is 386 g/mol. The number of thiophene rings is 1. The molecule has 1 N–H and O–H groups in total. The van der Waals surface area contributed by atoms with Crippen molar-refractivity contribution < 1.29 is 18.0 Å². The van der Waals surface area contributed by atoms with E-state index in [0.717, 1.165) is 15.6 Å². The first-order valence-corrected chi connectivity index (χ1v) is 10.7. The lowest BCUT2D eigenvalue weighted by Gasteiger charge is -2.13. The Labute approximate surface area is 160 Å². The van der Waals surface area contributed by atoms with Gasteiger partial charge in [0, 0.05) is 16.5 Å². The third-order valence-corrected chi connectivity index (χ3v) is 7.64. The highest BCUT2D eigenvalue weighted by molar-refractivity contribution is 7.90. The monoisotopic (exact) mass is 401 g/mol. The zero-order valence-corrected chi connectivity index (χ0v) is 16.0. The zero-order valence-electron chi connectivity index (χ0n) is 14.4. The highest BCUT2D eigenvalue weighted by Gasteiger charge is 2.48. The third-order valence-electron chi connectivity index (χ3n) is 4.57. The van der Waals surface area contributed by atoms with Gasteiger partial charge < -0.3 is 5.32 Å². The Kier molecular flexibility index (Phi) is 4.05. The lowest BCUT2D eigenvalue weighted by atomic mass is 10.1. The molecule has 2 aliphatic rings. The first-order valence-electron chi connectivity index (χ1n) is 8.43. The van der Waals surface area contributed by atoms with Gasteiger partial charge in [0.05, 0.1) is 11.1 Å². The molecule has 1 fully saturated rings. The average molecular weight is 401 g/mol. The Hall–Kier alpha value is -2.70. The Balaban J connectivity index is 1.67. The van der Waals surface area contributed by atoms with E-state index in [9.17, 15) is 23.3 Å². The fourth-order valence-corrected chi connectivity index (χ4v) is 5.81. The minimum Gasteiger partial charge on any atom is -0.312 e. The van der Waals surface area contributed by atoms with Crippen LogP contribution in [0.5, 0.6) is 0 Å². The number of nitrogens with one attached hydrogen (secondary N) is 1. The van der Waals surface area contributed by atoms with Crippen LogP contribution in [0.4, 0.5) is 5.00 Å². The van der Waals surface area contributed by atoms with Crippen molar-refractivity contribution in [2.24, 2.45) is 0 Å². The summed E-state index contributed by atoms with van der Waals surface area (Å²) in [5.41, 5.74) is 0.590. The second-order valence-electron chi connectivity index (χ2n) is 6.42. The molecule has 1 aliphatic heterocycles. The van der Waals surface area contributed by atoms with Crippen molar-refractivity contribution in [2.45, 2.75) is 37.1 Å². The molecule has 0 radical (unpaired) electrons. The summed E-state index contributed by atoms with van der Waals surface area (Å²) in [5, 5.41) is 12.3. The molecule has 0 atom stereocenters. The minimum atomic E-state index is -3.92. The minimum absolute atomic E-state index is 0.0977. The lowest BCUT2D eigenvalue weighted by molar-refractivity contribution is 0.0864. The maximum absolute atomic E-state index is 12.7. The van der Waals surface area contributed by atoms with Crippen LogP contribution < -0.4 is 5.32 Å². The summed E-state index contributed by atoms with van der Waals surface area (Å²) < 4.78 is 26.3. The Morgan fingerprint density at radius 3 is 2.74 bits per heavy atom. The Bertz CT molecular complexity index is 1120. The number of carbonyl (C=O) groups is 2. The molecule has 1 aromatic carbocycles. The van der Waals surface area contributed by atoms with E-state index in [1.54, 1.807) is 6.07 Å². The Morgan fingerprint density at radius 2 is 2.11 bits per heavy atom. The van der Waals surface area contributed by atoms with Crippen molar-refractivity contribution >= 4 is 38.2 Å². The van der Waals surface area contributed by atoms with Crippen LogP contribution in [-0.2, 0) is 16.4 Å². The highest BCUT2D eigenvalue weighted by atomic mass is 32.2. The first kappa shape index (κ1) is 17.7. The molecule has 27 heavy (non-hydrogen) atoms. The average Bonchev–Trinajstić information content (AvgIpc) is 3.35. The predicted octanol–water partition coefficient (Wildman–Crippen LogP) is 2.74. The standard InChI is InChI=1S/C18H15N3O4S2/c1-2-13-7-11(9-19)17(26-13)20-16(22)10-3-6-14-15(8-10)27(24,25)21(18(14)23)12-4-5-12/h3,6-8,12H,2,4-5H2,1H3,(H,20,22). The summed E-state index contributed by atoms with van der Waals surface area (Å²) in [4.78, 5) is 25.8. The number of amides is 2. The number of aryl methyl sites for hydroxylation is 1. The number of sulfonamides is 1. The van der Waals surface area contributed by atoms with Gasteiger partial charge in [-0.3, -0.25) is 9.59 Å². The number of anilines is 1. The molecule has 1 aliphatic carbocycles. The van der Waals surface area contributed by atoms with Gasteiger partial charge in [0.25, 0.3) is 21.8 Å². The summed E-state index contributed by atoms with van der Waals surface area (Å²) in [5.74, 6) is -1.05. The van der Waals surface area contributed by atoms with Crippen LogP contribution in [0.25, 0.3) is 0 Å². The second-order valence-corrected chi connectivity index (χ2v) is 9.34. The first-order chi connectivity index (χ1) is 12.9. The molecule has 138 valence electrons. The van der Waals surface area contributed by atoms with Crippen molar-refractivity contribution in [1.29, 1.82) is 5.26 Å². The van der Waals surface area contributed by atoms with Gasteiger partial charge >= 0.3 is 0 Å². The molecule has 9 heteroatoms. The topological polar surface area (TPSA) is 107 Å². The van der Waals surface area contributed by atoms with Crippen LogP contribution in [0, 0.1) is 11.3 Å². The summed E-state index contributed by atoms with van der Waals surface area (Å²) >= 11 is 1.31. The fraction of sp³-hybridized carbons (Fsp3) is 0.278. The van der Waals surface area contributed by atoms with Gasteiger partial charge in [0.15, 0.2) is 0 Å². The maximum Gasteiger partial charge on any atom is 0.269 e. The van der Waals surface area contributed by atoms with Crippen LogP contribution >= 0.6 is 11.3 Å². The predicted molar refractivity (Wildman–Crippen MR) is 99.2 cm³/mol. The van der Waals surface area contributed by atoms with Crippen LogP contribution in [0.2, 0.25) is 0 Å². The van der Waals surface area contributed by atoms with E-state index in [-0.39, 0.29) is 22.1 Å². The normalized spacial score (nSPS) is 17.5. The second kappa shape index (κ2) is 6.18. The number of hydrogen-bond donors (Lipinski definition) is 1. The largest absolute Gasteiger partial charge is 0.312 e. The molecule has 0 spiro atoms. The summed E-state index contributed by atoms with van der Waals surface area (Å²) in [7, 11) is -3.92. The van der Waals surface area contributed by atoms with Crippen LogP contribution in [-0.4, -0.2) is 30.6 Å². The molecule has 0 bridgehead atoms. The molecule has 2 aromatic rings. The van der Waals surface area contributed by atoms with E-state index in [0.29, 0.717) is 23.4 Å². The van der Waals surface area contributed by atoms with Crippen molar-refractivity contribution in [3.8, 4) is 6.07 Å². The van der Waals surface area contributed by atoms with Crippen LogP contribution in [0.3, 0.4) is 0 Å². The van der Waals surface area contributed by atoms with Crippen molar-refractivity contribution in [2.75, 3.05) is 5.32 Å². The van der Waals surface area contributed by atoms with Gasteiger partial charge in [0.2, 0.25) is 0 Å². The molecule has 1 aromatic heterocycles. The fourth-order valence-electron chi connectivity index (χ4n) is 3.03. The van der Waals surface area contributed by atoms with Crippen molar-refractivity contribution in [3.63, 3.8) is 0 Å². The van der Waals surface area contributed by atoms with Crippen LogP contribution in [0.1, 0.15) is 50.9 Å². The molecule has 1 saturated carbocycles. The van der Waals surface area contributed by atoms with E-state index < -0.39 is 21.8 Å². The van der Waals surface area contributed by atoms with Crippen molar-refractivity contribution in [3.05, 3.63) is 45.8 Å². The van der Waals surface area contributed by atoms with E-state index in [4.69, 9.17) is 0 Å². The number of carbonyl (C=O) groups excluding carboxylic acids is 2. The summed E-state index contributed by atoms with van der Waals surface area (Å²) in [6.45, 7) is 1.95. The smallest absolute Gasteiger partial charge is 0.269 e. The zero-order chi connectivity index (χ0) is 19.3. The van der Waals surface area contributed by atoms with Gasteiger partial charge in [-0.2, -0.15) is 5.26 Å². The molecule has 2 amide bonds. The molecule has 0 unspecified atom stereocenters. The van der Waals surface area contributed by atoms with Gasteiger partial charge in [-0.1, -0.05) is 6.92 Å². The SMILES string of the molecule is CCc1cc(C#N)c(NC(=O)c2ccc3c(c2)S(=O)(=O)N(C2CC2)C3=O)s1. The van der Waals surface area contributed by atoms with Crippen LogP contribution in [0.15, 0.2) is 29.2 Å². The molecule has 7 nitrogen and oxygen atoms in total. The lowest BCUT2D eigenvalue weighted by Crippen LogP contribution is -2.31. The molecule has 2 heterocycles. The van der Waals surface area contributed by atoms with Gasteiger partial charge in [0.1, 0.15) is 16.0 Å². The number of hydrogen-bond acceptors (Lipinski definition) is 6. The van der Waals surface area contributed by atoms with E-state index >= 15 is 0 Å². The molecule has 0 saturated heterocycles.